The number of anilines is 1. The molecule has 110 valence electrons. The predicted molar refractivity (Wildman–Crippen MR) is 84.6 cm³/mol. The summed E-state index contributed by atoms with van der Waals surface area (Å²) < 4.78 is 5.99. The van der Waals surface area contributed by atoms with Gasteiger partial charge in [0.15, 0.2) is 5.82 Å². The van der Waals surface area contributed by atoms with Crippen molar-refractivity contribution in [1.29, 1.82) is 0 Å². The smallest absolute Gasteiger partial charge is 0.343 e. The maximum absolute atomic E-state index is 11.8. The van der Waals surface area contributed by atoms with Gasteiger partial charge < -0.3 is 4.74 Å². The molecule has 0 bridgehead atoms. The van der Waals surface area contributed by atoms with Gasteiger partial charge in [-0.15, -0.1) is 0 Å². The molecule has 0 saturated heterocycles. The fourth-order valence-corrected chi connectivity index (χ4v) is 1.94. The summed E-state index contributed by atoms with van der Waals surface area (Å²) in [7, 11) is 0. The maximum Gasteiger partial charge on any atom is 0.343 e. The van der Waals surface area contributed by atoms with Crippen LogP contribution < -0.4 is 5.43 Å². The van der Waals surface area contributed by atoms with Crippen LogP contribution in [0.25, 0.3) is 0 Å². The normalized spacial score (nSPS) is 10.8. The lowest BCUT2D eigenvalue weighted by atomic mass is 10.2. The first-order chi connectivity index (χ1) is 10.1. The second-order valence-corrected chi connectivity index (χ2v) is 5.13. The van der Waals surface area contributed by atoms with Crippen molar-refractivity contribution >= 4 is 33.9 Å². The summed E-state index contributed by atoms with van der Waals surface area (Å²) in [6.07, 6.45) is 1.64. The minimum Gasteiger partial charge on any atom is -0.462 e. The van der Waals surface area contributed by atoms with Crippen LogP contribution in [-0.4, -0.2) is 29.0 Å². The van der Waals surface area contributed by atoms with E-state index >= 15 is 0 Å². The Morgan fingerprint density at radius 1 is 1.48 bits per heavy atom. The van der Waals surface area contributed by atoms with Crippen molar-refractivity contribution in [3.63, 3.8) is 0 Å². The van der Waals surface area contributed by atoms with Crippen molar-refractivity contribution in [2.75, 3.05) is 12.0 Å². The number of hydrogen-bond donors (Lipinski definition) is 2. The van der Waals surface area contributed by atoms with Crippen molar-refractivity contribution in [2.45, 2.75) is 13.8 Å². The second-order valence-electron chi connectivity index (χ2n) is 4.21. The third-order valence-electron chi connectivity index (χ3n) is 2.68. The molecule has 7 heteroatoms. The average Bonchev–Trinajstić information content (AvgIpc) is 2.82. The van der Waals surface area contributed by atoms with Crippen molar-refractivity contribution in [3.8, 4) is 0 Å². The molecule has 2 N–H and O–H groups in total. The summed E-state index contributed by atoms with van der Waals surface area (Å²) in [4.78, 5) is 11.8. The van der Waals surface area contributed by atoms with Gasteiger partial charge >= 0.3 is 5.97 Å². The standard InChI is InChI=1S/C14H15BrN4O2/c1-3-21-14(20)12-9(2)17-19-13(12)18-16-8-10-4-6-11(15)7-5-10/h4-8H,3H2,1-2H3,(H2,17,18,19)/b16-8+. The molecule has 1 heterocycles. The summed E-state index contributed by atoms with van der Waals surface area (Å²) in [6, 6.07) is 7.67. The molecule has 1 aromatic carbocycles. The SMILES string of the molecule is CCOC(=O)c1c(N/N=C/c2ccc(Br)cc2)n[nH]c1C. The molecule has 2 rings (SSSR count). The van der Waals surface area contributed by atoms with Gasteiger partial charge in [0.1, 0.15) is 5.56 Å². The molecule has 0 aliphatic rings. The van der Waals surface area contributed by atoms with Crippen LogP contribution in [0.3, 0.4) is 0 Å². The molecule has 0 unspecified atom stereocenters. The lowest BCUT2D eigenvalue weighted by Crippen LogP contribution is -2.08. The first-order valence-electron chi connectivity index (χ1n) is 6.38. The molecule has 0 aliphatic heterocycles. The average molecular weight is 351 g/mol. The number of hydrazone groups is 1. The maximum atomic E-state index is 11.8. The highest BCUT2D eigenvalue weighted by Crippen LogP contribution is 2.17. The number of carbonyl (C=O) groups is 1. The number of aromatic nitrogens is 2. The van der Waals surface area contributed by atoms with E-state index in [1.165, 1.54) is 0 Å². The molecular formula is C14H15BrN4O2. The molecule has 0 spiro atoms. The summed E-state index contributed by atoms with van der Waals surface area (Å²) in [6.45, 7) is 3.82. The van der Waals surface area contributed by atoms with E-state index in [-0.39, 0.29) is 0 Å². The van der Waals surface area contributed by atoms with E-state index in [2.05, 4.69) is 36.7 Å². The van der Waals surface area contributed by atoms with Gasteiger partial charge in [-0.1, -0.05) is 28.1 Å². The number of rotatable bonds is 5. The van der Waals surface area contributed by atoms with Crippen molar-refractivity contribution < 1.29 is 9.53 Å². The van der Waals surface area contributed by atoms with Crippen LogP contribution in [0, 0.1) is 6.92 Å². The van der Waals surface area contributed by atoms with Gasteiger partial charge in [0.05, 0.1) is 12.8 Å². The number of benzene rings is 1. The Kier molecular flexibility index (Phi) is 5.10. The Bertz CT molecular complexity index is 649. The minimum absolute atomic E-state index is 0.311. The largest absolute Gasteiger partial charge is 0.462 e. The molecule has 0 fully saturated rings. The number of halogens is 1. The number of esters is 1. The highest BCUT2D eigenvalue weighted by molar-refractivity contribution is 9.10. The number of aromatic amines is 1. The Hall–Kier alpha value is -2.15. The molecule has 6 nitrogen and oxygen atoms in total. The van der Waals surface area contributed by atoms with Crippen LogP contribution in [0.1, 0.15) is 28.5 Å². The molecule has 0 saturated carbocycles. The van der Waals surface area contributed by atoms with Crippen LogP contribution in [-0.2, 0) is 4.74 Å². The van der Waals surface area contributed by atoms with Crippen molar-refractivity contribution in [2.24, 2.45) is 5.10 Å². The Morgan fingerprint density at radius 2 is 2.19 bits per heavy atom. The minimum atomic E-state index is -0.426. The fourth-order valence-electron chi connectivity index (χ4n) is 1.68. The number of ether oxygens (including phenoxy) is 1. The molecule has 2 aromatic rings. The predicted octanol–water partition coefficient (Wildman–Crippen LogP) is 3.10. The summed E-state index contributed by atoms with van der Waals surface area (Å²) in [5.41, 5.74) is 4.68. The third-order valence-corrected chi connectivity index (χ3v) is 3.21. The molecule has 0 amide bonds. The first kappa shape index (κ1) is 15.2. The zero-order chi connectivity index (χ0) is 15.2. The van der Waals surface area contributed by atoms with Gasteiger partial charge in [0.2, 0.25) is 0 Å². The zero-order valence-corrected chi connectivity index (χ0v) is 13.3. The van der Waals surface area contributed by atoms with E-state index in [9.17, 15) is 4.79 Å². The fraction of sp³-hybridized carbons (Fsp3) is 0.214. The van der Waals surface area contributed by atoms with Crippen LogP contribution in [0.4, 0.5) is 5.82 Å². The zero-order valence-electron chi connectivity index (χ0n) is 11.7. The van der Waals surface area contributed by atoms with E-state index in [1.807, 2.05) is 24.3 Å². The Morgan fingerprint density at radius 3 is 2.86 bits per heavy atom. The monoisotopic (exact) mass is 350 g/mol. The summed E-state index contributed by atoms with van der Waals surface area (Å²) in [5, 5.41) is 10.8. The Labute approximate surface area is 130 Å². The van der Waals surface area contributed by atoms with Crippen molar-refractivity contribution in [1.82, 2.24) is 10.2 Å². The first-order valence-corrected chi connectivity index (χ1v) is 7.18. The van der Waals surface area contributed by atoms with Crippen molar-refractivity contribution in [3.05, 3.63) is 45.6 Å². The molecule has 1 aromatic heterocycles. The van der Waals surface area contributed by atoms with E-state index in [0.29, 0.717) is 23.7 Å². The number of H-pyrrole nitrogens is 1. The highest BCUT2D eigenvalue weighted by atomic mass is 79.9. The van der Waals surface area contributed by atoms with Crippen LogP contribution in [0.15, 0.2) is 33.8 Å². The van der Waals surface area contributed by atoms with E-state index in [4.69, 9.17) is 4.74 Å². The number of carbonyl (C=O) groups excluding carboxylic acids is 1. The van der Waals surface area contributed by atoms with Crippen LogP contribution in [0.5, 0.6) is 0 Å². The third kappa shape index (κ3) is 3.91. The Balaban J connectivity index is 2.10. The quantitative estimate of drug-likeness (QED) is 0.493. The molecule has 0 atom stereocenters. The lowest BCUT2D eigenvalue weighted by molar-refractivity contribution is 0.0526. The van der Waals surface area contributed by atoms with E-state index < -0.39 is 5.97 Å². The molecular weight excluding hydrogens is 336 g/mol. The van der Waals surface area contributed by atoms with Crippen LogP contribution >= 0.6 is 15.9 Å². The number of nitrogens with zero attached hydrogens (tertiary/aromatic N) is 2. The molecule has 0 aliphatic carbocycles. The summed E-state index contributed by atoms with van der Waals surface area (Å²) >= 11 is 3.37. The number of hydrogen-bond acceptors (Lipinski definition) is 5. The topological polar surface area (TPSA) is 79.4 Å². The van der Waals surface area contributed by atoms with Gasteiger partial charge in [0, 0.05) is 10.2 Å². The summed E-state index contributed by atoms with van der Waals surface area (Å²) in [5.74, 6) is -0.0793. The van der Waals surface area contributed by atoms with Crippen LogP contribution in [0.2, 0.25) is 0 Å². The molecule has 21 heavy (non-hydrogen) atoms. The second kappa shape index (κ2) is 7.03. The van der Waals surface area contributed by atoms with Gasteiger partial charge in [-0.2, -0.15) is 10.2 Å². The van der Waals surface area contributed by atoms with Gasteiger partial charge in [0.25, 0.3) is 0 Å². The van der Waals surface area contributed by atoms with Gasteiger partial charge in [-0.05, 0) is 31.5 Å². The number of nitrogens with one attached hydrogen (secondary N) is 2. The van der Waals surface area contributed by atoms with E-state index in [0.717, 1.165) is 10.0 Å². The number of aryl methyl sites for hydroxylation is 1. The lowest BCUT2D eigenvalue weighted by Gasteiger charge is -2.02. The van der Waals surface area contributed by atoms with E-state index in [1.54, 1.807) is 20.1 Å². The van der Waals surface area contributed by atoms with Gasteiger partial charge in [-0.25, -0.2) is 4.79 Å². The van der Waals surface area contributed by atoms with Gasteiger partial charge in [-0.3, -0.25) is 10.5 Å². The molecule has 0 radical (unpaired) electrons. The highest BCUT2D eigenvalue weighted by Gasteiger charge is 2.18.